The van der Waals surface area contributed by atoms with E-state index in [1.807, 2.05) is 36.5 Å². The summed E-state index contributed by atoms with van der Waals surface area (Å²) in [5, 5.41) is 24.9. The van der Waals surface area contributed by atoms with E-state index in [0.29, 0.717) is 12.2 Å². The largest absolute Gasteiger partial charge is 0.478 e. The Balaban J connectivity index is 1.59. The Kier molecular flexibility index (Phi) is 5.72. The van der Waals surface area contributed by atoms with Gasteiger partial charge in [0.15, 0.2) is 0 Å². The predicted octanol–water partition coefficient (Wildman–Crippen LogP) is 3.04. The van der Waals surface area contributed by atoms with Gasteiger partial charge in [-0.1, -0.05) is 24.3 Å². The molecule has 2 aromatic carbocycles. The molecule has 0 saturated carbocycles. The number of nitrogens with one attached hydrogen (secondary N) is 3. The topological polar surface area (TPSA) is 118 Å². The summed E-state index contributed by atoms with van der Waals surface area (Å²) in [5.74, 6) is -1.70. The van der Waals surface area contributed by atoms with Gasteiger partial charge in [0.1, 0.15) is 11.6 Å². The number of para-hydroxylation sites is 1. The lowest BCUT2D eigenvalue weighted by Gasteiger charge is -2.06. The third-order valence-electron chi connectivity index (χ3n) is 4.19. The maximum atomic E-state index is 12.2. The van der Waals surface area contributed by atoms with Gasteiger partial charge < -0.3 is 20.7 Å². The van der Waals surface area contributed by atoms with Gasteiger partial charge in [-0.05, 0) is 36.2 Å². The smallest absolute Gasteiger partial charge is 0.335 e. The first kappa shape index (κ1) is 18.7. The molecule has 1 heterocycles. The van der Waals surface area contributed by atoms with E-state index in [1.54, 1.807) is 6.07 Å². The Hall–Kier alpha value is -4.05. The molecule has 7 heteroatoms. The van der Waals surface area contributed by atoms with Gasteiger partial charge in [-0.2, -0.15) is 5.26 Å². The number of rotatable bonds is 7. The van der Waals surface area contributed by atoms with E-state index >= 15 is 0 Å². The van der Waals surface area contributed by atoms with Crippen LogP contribution >= 0.6 is 0 Å². The molecule has 0 aliphatic carbocycles. The normalized spacial score (nSPS) is 11.0. The van der Waals surface area contributed by atoms with Crippen LogP contribution in [0.4, 0.5) is 5.69 Å². The molecule has 3 rings (SSSR count). The van der Waals surface area contributed by atoms with Gasteiger partial charge in [-0.3, -0.25) is 4.79 Å². The first-order valence-corrected chi connectivity index (χ1v) is 8.62. The number of aromatic nitrogens is 1. The van der Waals surface area contributed by atoms with E-state index in [0.717, 1.165) is 22.9 Å². The highest BCUT2D eigenvalue weighted by atomic mass is 16.4. The summed E-state index contributed by atoms with van der Waals surface area (Å²) in [7, 11) is 0. The van der Waals surface area contributed by atoms with Crippen molar-refractivity contribution in [2.75, 3.05) is 11.9 Å². The van der Waals surface area contributed by atoms with Gasteiger partial charge in [-0.25, -0.2) is 4.79 Å². The van der Waals surface area contributed by atoms with Crippen LogP contribution in [0.3, 0.4) is 0 Å². The van der Waals surface area contributed by atoms with Crippen LogP contribution < -0.4 is 10.6 Å². The van der Waals surface area contributed by atoms with Crippen LogP contribution in [0.15, 0.2) is 66.5 Å². The summed E-state index contributed by atoms with van der Waals surface area (Å²) >= 11 is 0. The van der Waals surface area contributed by atoms with Crippen molar-refractivity contribution in [1.29, 1.82) is 5.26 Å². The number of benzene rings is 2. The number of nitriles is 1. The highest BCUT2D eigenvalue weighted by Crippen LogP contribution is 2.17. The van der Waals surface area contributed by atoms with Crippen LogP contribution in [0.2, 0.25) is 0 Å². The number of carboxylic acid groups (broad SMARTS) is 1. The molecule has 0 aliphatic heterocycles. The highest BCUT2D eigenvalue weighted by Gasteiger charge is 2.11. The molecule has 0 spiro atoms. The summed E-state index contributed by atoms with van der Waals surface area (Å²) in [4.78, 5) is 26.4. The van der Waals surface area contributed by atoms with Crippen LogP contribution in [-0.2, 0) is 11.2 Å². The SMILES string of the molecule is N#C/C(=C/NCCc1c[nH]c2ccccc12)C(=O)Nc1cccc(C(=O)O)c1. The number of carbonyl (C=O) groups excluding carboxylic acids is 1. The fourth-order valence-electron chi connectivity index (χ4n) is 2.80. The molecule has 0 aliphatic rings. The Morgan fingerprint density at radius 3 is 2.79 bits per heavy atom. The summed E-state index contributed by atoms with van der Waals surface area (Å²) in [5.41, 5.74) is 2.47. The molecule has 7 nitrogen and oxygen atoms in total. The van der Waals surface area contributed by atoms with Gasteiger partial charge in [0.05, 0.1) is 5.56 Å². The average Bonchev–Trinajstić information content (AvgIpc) is 3.11. The lowest BCUT2D eigenvalue weighted by Crippen LogP contribution is -2.18. The minimum Gasteiger partial charge on any atom is -0.478 e. The molecule has 0 atom stereocenters. The number of hydrogen-bond donors (Lipinski definition) is 4. The van der Waals surface area contributed by atoms with Gasteiger partial charge in [0.2, 0.25) is 0 Å². The zero-order chi connectivity index (χ0) is 19.9. The maximum Gasteiger partial charge on any atom is 0.335 e. The standard InChI is InChI=1S/C21H18N4O3/c22-11-16(20(26)25-17-5-3-4-14(10-17)21(27)28)12-23-9-8-15-13-24-19-7-2-1-6-18(15)19/h1-7,10,12-13,23-24H,8-9H2,(H,25,26)(H,27,28)/b16-12-. The van der Waals surface area contributed by atoms with Crippen LogP contribution in [0, 0.1) is 11.3 Å². The fourth-order valence-corrected chi connectivity index (χ4v) is 2.80. The van der Waals surface area contributed by atoms with Gasteiger partial charge in [-0.15, -0.1) is 0 Å². The van der Waals surface area contributed by atoms with Crippen molar-refractivity contribution in [3.63, 3.8) is 0 Å². The molecule has 0 fully saturated rings. The third kappa shape index (κ3) is 4.37. The van der Waals surface area contributed by atoms with E-state index in [4.69, 9.17) is 5.11 Å². The highest BCUT2D eigenvalue weighted by molar-refractivity contribution is 6.06. The molecule has 0 radical (unpaired) electrons. The number of carboxylic acids is 1. The number of aromatic amines is 1. The zero-order valence-electron chi connectivity index (χ0n) is 14.9. The molecule has 140 valence electrons. The van der Waals surface area contributed by atoms with Crippen molar-refractivity contribution in [2.24, 2.45) is 0 Å². The Bertz CT molecular complexity index is 1090. The van der Waals surface area contributed by atoms with Crippen molar-refractivity contribution < 1.29 is 14.7 Å². The second-order valence-corrected chi connectivity index (χ2v) is 6.07. The molecule has 0 saturated heterocycles. The van der Waals surface area contributed by atoms with Gasteiger partial charge in [0.25, 0.3) is 5.91 Å². The molecule has 28 heavy (non-hydrogen) atoms. The first-order valence-electron chi connectivity index (χ1n) is 8.62. The van der Waals surface area contributed by atoms with Crippen molar-refractivity contribution in [2.45, 2.75) is 6.42 Å². The predicted molar refractivity (Wildman–Crippen MR) is 106 cm³/mol. The van der Waals surface area contributed by atoms with Crippen LogP contribution in [0.25, 0.3) is 10.9 Å². The number of H-pyrrole nitrogens is 1. The Morgan fingerprint density at radius 2 is 2.00 bits per heavy atom. The van der Waals surface area contributed by atoms with Crippen LogP contribution in [0.5, 0.6) is 0 Å². The average molecular weight is 374 g/mol. The Labute approximate surface area is 161 Å². The third-order valence-corrected chi connectivity index (χ3v) is 4.19. The van der Waals surface area contributed by atoms with Crippen molar-refractivity contribution in [1.82, 2.24) is 10.3 Å². The molecule has 4 N–H and O–H groups in total. The molecule has 0 bridgehead atoms. The minimum atomic E-state index is -1.09. The second kappa shape index (κ2) is 8.56. The molecular formula is C21H18N4O3. The lowest BCUT2D eigenvalue weighted by molar-refractivity contribution is -0.112. The lowest BCUT2D eigenvalue weighted by atomic mass is 10.1. The van der Waals surface area contributed by atoms with E-state index in [-0.39, 0.29) is 11.1 Å². The minimum absolute atomic E-state index is 0.0529. The summed E-state index contributed by atoms with van der Waals surface area (Å²) < 4.78 is 0. The molecule has 3 aromatic rings. The quantitative estimate of drug-likeness (QED) is 0.288. The van der Waals surface area contributed by atoms with Crippen molar-refractivity contribution >= 4 is 28.5 Å². The van der Waals surface area contributed by atoms with Gasteiger partial charge in [0, 0.05) is 35.5 Å². The summed E-state index contributed by atoms with van der Waals surface area (Å²) in [6.45, 7) is 0.550. The number of anilines is 1. The number of aromatic carboxylic acids is 1. The molecule has 0 unspecified atom stereocenters. The van der Waals surface area contributed by atoms with E-state index < -0.39 is 11.9 Å². The summed E-state index contributed by atoms with van der Waals surface area (Å²) in [6.07, 6.45) is 4.04. The molecular weight excluding hydrogens is 356 g/mol. The zero-order valence-corrected chi connectivity index (χ0v) is 14.9. The van der Waals surface area contributed by atoms with Gasteiger partial charge >= 0.3 is 5.97 Å². The number of hydrogen-bond acceptors (Lipinski definition) is 4. The Morgan fingerprint density at radius 1 is 1.18 bits per heavy atom. The number of nitrogens with zero attached hydrogens (tertiary/aromatic N) is 1. The molecule has 1 amide bonds. The van der Waals surface area contributed by atoms with E-state index in [9.17, 15) is 14.9 Å². The number of fused-ring (bicyclic) bond motifs is 1. The van der Waals surface area contributed by atoms with Crippen molar-refractivity contribution in [3.8, 4) is 6.07 Å². The summed E-state index contributed by atoms with van der Waals surface area (Å²) in [6, 6.07) is 15.7. The van der Waals surface area contributed by atoms with Crippen LogP contribution in [0.1, 0.15) is 15.9 Å². The van der Waals surface area contributed by atoms with Crippen molar-refractivity contribution in [3.05, 3.63) is 77.6 Å². The van der Waals surface area contributed by atoms with Crippen LogP contribution in [-0.4, -0.2) is 28.5 Å². The number of amides is 1. The van der Waals surface area contributed by atoms with E-state index in [2.05, 4.69) is 15.6 Å². The number of carbonyl (C=O) groups is 2. The maximum absolute atomic E-state index is 12.2. The fraction of sp³-hybridized carbons (Fsp3) is 0.0952. The second-order valence-electron chi connectivity index (χ2n) is 6.07. The molecule has 1 aromatic heterocycles. The van der Waals surface area contributed by atoms with E-state index in [1.165, 1.54) is 24.4 Å². The monoisotopic (exact) mass is 374 g/mol. The first-order chi connectivity index (χ1) is 13.6.